The number of methoxy groups -OCH3 is 1. The number of carboxylic acid groups (broad SMARTS) is 1. The number of aromatic nitrogens is 2. The molecule has 0 radical (unpaired) electrons. The zero-order valence-electron chi connectivity index (χ0n) is 20.2. The minimum atomic E-state index is -0.965. The number of carbonyl (C=O) groups is 1. The smallest absolute Gasteiger partial charge is 0.337 e. The first-order valence-corrected chi connectivity index (χ1v) is 12.0. The lowest BCUT2D eigenvalue weighted by Gasteiger charge is -2.28. The van der Waals surface area contributed by atoms with E-state index >= 15 is 0 Å². The van der Waals surface area contributed by atoms with Gasteiger partial charge in [-0.05, 0) is 74.1 Å². The molecule has 3 heterocycles. The highest BCUT2D eigenvalue weighted by Crippen LogP contribution is 2.44. The topological polar surface area (TPSA) is 79.6 Å². The molecule has 36 heavy (non-hydrogen) atoms. The third kappa shape index (κ3) is 3.99. The fourth-order valence-electron chi connectivity index (χ4n) is 5.02. The van der Waals surface area contributed by atoms with Crippen molar-refractivity contribution in [3.8, 4) is 11.4 Å². The summed E-state index contributed by atoms with van der Waals surface area (Å²) in [5, 5.41) is 13.9. The fourth-order valence-corrected chi connectivity index (χ4v) is 5.36. The minimum Gasteiger partial charge on any atom is -0.497 e. The van der Waals surface area contributed by atoms with Crippen LogP contribution < -0.4 is 15.0 Å². The lowest BCUT2D eigenvalue weighted by Crippen LogP contribution is -2.29. The summed E-state index contributed by atoms with van der Waals surface area (Å²) in [6.45, 7) is 4.00. The first kappa shape index (κ1) is 23.6. The highest BCUT2D eigenvalue weighted by molar-refractivity contribution is 7.80. The van der Waals surface area contributed by atoms with Crippen LogP contribution in [0.4, 0.5) is 5.69 Å². The average Bonchev–Trinajstić information content (AvgIpc) is 3.39. The van der Waals surface area contributed by atoms with Crippen molar-refractivity contribution in [1.29, 1.82) is 0 Å². The Kier molecular flexibility index (Phi) is 6.20. The normalized spacial score (nSPS) is 17.2. The Morgan fingerprint density at radius 3 is 2.56 bits per heavy atom. The van der Waals surface area contributed by atoms with Gasteiger partial charge in [-0.25, -0.2) is 4.79 Å². The molecule has 5 rings (SSSR count). The third-order valence-corrected chi connectivity index (χ3v) is 6.91. The lowest BCUT2D eigenvalue weighted by molar-refractivity contribution is 0.0697. The number of benzene rings is 2. The van der Waals surface area contributed by atoms with Crippen LogP contribution in [0.15, 0.2) is 79.0 Å². The second-order valence-electron chi connectivity index (χ2n) is 8.68. The van der Waals surface area contributed by atoms with Gasteiger partial charge in [-0.1, -0.05) is 24.3 Å². The molecular weight excluding hydrogens is 472 g/mol. The van der Waals surface area contributed by atoms with Crippen LogP contribution in [0.1, 0.15) is 45.1 Å². The number of ether oxygens (including phenoxy) is 1. The number of nitrogens with zero attached hydrogens (tertiary/aromatic N) is 3. The summed E-state index contributed by atoms with van der Waals surface area (Å²) in [6, 6.07) is 22.4. The van der Waals surface area contributed by atoms with Crippen LogP contribution in [-0.2, 0) is 0 Å². The molecule has 2 N–H and O–H groups in total. The molecule has 0 amide bonds. The molecule has 2 atom stereocenters. The second kappa shape index (κ2) is 9.47. The zero-order chi connectivity index (χ0) is 25.4. The van der Waals surface area contributed by atoms with E-state index in [4.69, 9.17) is 17.0 Å². The predicted octanol–water partition coefficient (Wildman–Crippen LogP) is 5.37. The van der Waals surface area contributed by atoms with Crippen molar-refractivity contribution in [3.05, 3.63) is 107 Å². The number of hydrogen-bond acceptors (Lipinski definition) is 4. The van der Waals surface area contributed by atoms with Crippen LogP contribution in [0.5, 0.6) is 5.75 Å². The van der Waals surface area contributed by atoms with E-state index in [9.17, 15) is 9.90 Å². The number of aromatic carboxylic acids is 1. The first-order chi connectivity index (χ1) is 17.4. The van der Waals surface area contributed by atoms with E-state index < -0.39 is 5.97 Å². The van der Waals surface area contributed by atoms with Crippen LogP contribution in [0.3, 0.4) is 0 Å². The van der Waals surface area contributed by atoms with Crippen LogP contribution in [-0.4, -0.2) is 32.8 Å². The summed E-state index contributed by atoms with van der Waals surface area (Å²) in [6.07, 6.45) is 1.78. The van der Waals surface area contributed by atoms with Crippen LogP contribution >= 0.6 is 12.2 Å². The molecule has 0 saturated carbocycles. The van der Waals surface area contributed by atoms with Crippen LogP contribution in [0, 0.1) is 13.8 Å². The van der Waals surface area contributed by atoms with Crippen molar-refractivity contribution in [2.75, 3.05) is 12.0 Å². The Bertz CT molecular complexity index is 1450. The summed E-state index contributed by atoms with van der Waals surface area (Å²) in [7, 11) is 1.64. The standard InChI is InChI=1S/C28H26N4O3S/c1-17-15-22(18(2)31(17)24-13-5-4-11-21(24)27(33)34)26-25(23-12-6-7-14-29-23)30-28(36)32(26)19-9-8-10-20(16-19)35-3/h4-16,25-26H,1-3H3,(H,30,36)(H,33,34)/t25-,26-/m0/s1. The molecule has 1 fully saturated rings. The summed E-state index contributed by atoms with van der Waals surface area (Å²) >= 11 is 5.85. The molecule has 7 nitrogen and oxygen atoms in total. The molecule has 0 spiro atoms. The molecule has 1 aliphatic rings. The number of anilines is 1. The van der Waals surface area contributed by atoms with Gasteiger partial charge >= 0.3 is 5.97 Å². The fraction of sp³-hybridized carbons (Fsp3) is 0.179. The monoisotopic (exact) mass is 498 g/mol. The van der Waals surface area contributed by atoms with Gasteiger partial charge < -0.3 is 24.6 Å². The summed E-state index contributed by atoms with van der Waals surface area (Å²) in [5.41, 5.74) is 5.53. The molecular formula is C28H26N4O3S. The number of rotatable bonds is 6. The Labute approximate surface area is 215 Å². The summed E-state index contributed by atoms with van der Waals surface area (Å²) in [4.78, 5) is 18.7. The van der Waals surface area contributed by atoms with Crippen molar-refractivity contribution >= 4 is 29.0 Å². The molecule has 8 heteroatoms. The van der Waals surface area contributed by atoms with E-state index in [2.05, 4.69) is 21.3 Å². The van der Waals surface area contributed by atoms with Gasteiger partial charge in [-0.2, -0.15) is 0 Å². The van der Waals surface area contributed by atoms with Crippen molar-refractivity contribution in [2.45, 2.75) is 25.9 Å². The van der Waals surface area contributed by atoms with Gasteiger partial charge in [0.25, 0.3) is 0 Å². The molecule has 2 aromatic heterocycles. The number of aryl methyl sites for hydroxylation is 1. The molecule has 2 aromatic carbocycles. The number of hydrogen-bond donors (Lipinski definition) is 2. The van der Waals surface area contributed by atoms with Gasteiger partial charge in [0.15, 0.2) is 5.11 Å². The molecule has 0 bridgehead atoms. The maximum Gasteiger partial charge on any atom is 0.337 e. The Hall–Kier alpha value is -4.17. The molecule has 1 aliphatic heterocycles. The molecule has 0 aliphatic carbocycles. The van der Waals surface area contributed by atoms with Gasteiger partial charge in [-0.15, -0.1) is 0 Å². The van der Waals surface area contributed by atoms with Crippen LogP contribution in [0.2, 0.25) is 0 Å². The molecule has 1 saturated heterocycles. The summed E-state index contributed by atoms with van der Waals surface area (Å²) in [5.74, 6) is -0.232. The van der Waals surface area contributed by atoms with Crippen molar-refractivity contribution < 1.29 is 14.6 Å². The van der Waals surface area contributed by atoms with E-state index in [0.717, 1.165) is 34.1 Å². The van der Waals surface area contributed by atoms with Crippen molar-refractivity contribution in [3.63, 3.8) is 0 Å². The highest BCUT2D eigenvalue weighted by atomic mass is 32.1. The van der Waals surface area contributed by atoms with Gasteiger partial charge in [0.05, 0.1) is 36.1 Å². The summed E-state index contributed by atoms with van der Waals surface area (Å²) < 4.78 is 7.48. The number of nitrogens with one attached hydrogen (secondary N) is 1. The first-order valence-electron chi connectivity index (χ1n) is 11.6. The van der Waals surface area contributed by atoms with E-state index in [1.807, 2.05) is 73.0 Å². The molecule has 0 unspecified atom stereocenters. The molecule has 4 aromatic rings. The minimum absolute atomic E-state index is 0.214. The van der Waals surface area contributed by atoms with E-state index in [1.165, 1.54) is 0 Å². The Morgan fingerprint density at radius 2 is 1.83 bits per heavy atom. The average molecular weight is 499 g/mol. The van der Waals surface area contributed by atoms with Crippen LogP contribution in [0.25, 0.3) is 5.69 Å². The quantitative estimate of drug-likeness (QED) is 0.346. The van der Waals surface area contributed by atoms with Crippen molar-refractivity contribution in [1.82, 2.24) is 14.9 Å². The van der Waals surface area contributed by atoms with Gasteiger partial charge in [-0.3, -0.25) is 4.98 Å². The number of para-hydroxylation sites is 1. The largest absolute Gasteiger partial charge is 0.497 e. The van der Waals surface area contributed by atoms with E-state index in [-0.39, 0.29) is 17.6 Å². The highest BCUT2D eigenvalue weighted by Gasteiger charge is 2.42. The van der Waals surface area contributed by atoms with Gasteiger partial charge in [0.1, 0.15) is 5.75 Å². The Balaban J connectivity index is 1.71. The third-order valence-electron chi connectivity index (χ3n) is 6.59. The number of carboxylic acids is 1. The molecule has 182 valence electrons. The lowest BCUT2D eigenvalue weighted by atomic mass is 9.96. The van der Waals surface area contributed by atoms with E-state index in [0.29, 0.717) is 10.8 Å². The van der Waals surface area contributed by atoms with Crippen molar-refractivity contribution in [2.24, 2.45) is 0 Å². The SMILES string of the molecule is COc1cccc(N2C(=S)N[C@@H](c3ccccn3)[C@@H]2c2cc(C)n(-c3ccccc3C(=O)O)c2C)c1. The zero-order valence-corrected chi connectivity index (χ0v) is 21.0. The van der Waals surface area contributed by atoms with E-state index in [1.54, 1.807) is 25.4 Å². The maximum absolute atomic E-state index is 12.0. The van der Waals surface area contributed by atoms with Gasteiger partial charge in [0, 0.05) is 29.3 Å². The van der Waals surface area contributed by atoms with Gasteiger partial charge in [0.2, 0.25) is 0 Å². The second-order valence-corrected chi connectivity index (χ2v) is 9.07. The maximum atomic E-state index is 12.0. The predicted molar refractivity (Wildman–Crippen MR) is 143 cm³/mol. The number of thiocarbonyl (C=S) groups is 1. The Morgan fingerprint density at radius 1 is 1.06 bits per heavy atom. The number of pyridine rings is 1.